The molecule has 0 bridgehead atoms. The van der Waals surface area contributed by atoms with Gasteiger partial charge in [0.25, 0.3) is 0 Å². The Morgan fingerprint density at radius 1 is 1.73 bits per heavy atom. The van der Waals surface area contributed by atoms with E-state index in [2.05, 4.69) is 15.3 Å². The molecule has 1 rings (SSSR count). The maximum atomic E-state index is 5.96. The normalized spacial score (nSPS) is 35.7. The number of nitrogens with one attached hydrogen (secondary N) is 1. The van der Waals surface area contributed by atoms with Crippen LogP contribution in [0.2, 0.25) is 0 Å². The summed E-state index contributed by atoms with van der Waals surface area (Å²) in [5.74, 6) is 0. The predicted molar refractivity (Wildman–Crippen MR) is 44.5 cm³/mol. The van der Waals surface area contributed by atoms with Crippen LogP contribution in [0.25, 0.3) is 0 Å². The molecule has 1 aliphatic heterocycles. The third-order valence-electron chi connectivity index (χ3n) is 1.97. The number of nitrogens with zero attached hydrogens (tertiary/aromatic N) is 1. The minimum Gasteiger partial charge on any atom is -0.399 e. The molecular weight excluding hydrogens is 142 g/mol. The summed E-state index contributed by atoms with van der Waals surface area (Å²) < 4.78 is 0. The van der Waals surface area contributed by atoms with E-state index in [0.717, 1.165) is 25.2 Å². The van der Waals surface area contributed by atoms with Crippen LogP contribution in [0.4, 0.5) is 0 Å². The quantitative estimate of drug-likeness (QED) is 0.514. The lowest BCUT2D eigenvalue weighted by Crippen LogP contribution is -2.55. The highest BCUT2D eigenvalue weighted by Crippen LogP contribution is 2.11. The fourth-order valence-corrected chi connectivity index (χ4v) is 1.15. The van der Waals surface area contributed by atoms with Crippen molar-refractivity contribution in [1.82, 2.24) is 5.32 Å². The molecule has 4 nitrogen and oxygen atoms in total. The molecular formula is C7H15N3O. The molecule has 0 aliphatic carbocycles. The van der Waals surface area contributed by atoms with Gasteiger partial charge in [-0.3, -0.25) is 0 Å². The van der Waals surface area contributed by atoms with Crippen LogP contribution in [0, 0.1) is 0 Å². The molecule has 64 valence electrons. The van der Waals surface area contributed by atoms with Crippen LogP contribution in [0.3, 0.4) is 0 Å². The van der Waals surface area contributed by atoms with Crippen molar-refractivity contribution in [2.75, 3.05) is 20.2 Å². The van der Waals surface area contributed by atoms with E-state index < -0.39 is 0 Å². The van der Waals surface area contributed by atoms with Crippen LogP contribution in [0.5, 0.6) is 0 Å². The van der Waals surface area contributed by atoms with Crippen LogP contribution in [-0.2, 0) is 4.84 Å². The molecule has 0 aromatic carbocycles. The number of hydrogen-bond acceptors (Lipinski definition) is 4. The van der Waals surface area contributed by atoms with E-state index in [1.807, 2.05) is 6.92 Å². The number of hydrogen-bond donors (Lipinski definition) is 2. The average Bonchev–Trinajstić information content (AvgIpc) is 1.94. The van der Waals surface area contributed by atoms with Gasteiger partial charge < -0.3 is 15.9 Å². The third-order valence-corrected chi connectivity index (χ3v) is 1.97. The molecule has 1 unspecified atom stereocenters. The van der Waals surface area contributed by atoms with Crippen molar-refractivity contribution in [1.29, 1.82) is 0 Å². The molecule has 0 amide bonds. The molecule has 3 N–H and O–H groups in total. The van der Waals surface area contributed by atoms with Crippen molar-refractivity contribution >= 4 is 5.71 Å². The highest BCUT2D eigenvalue weighted by Gasteiger charge is 2.29. The zero-order valence-electron chi connectivity index (χ0n) is 7.05. The third kappa shape index (κ3) is 1.91. The zero-order valence-corrected chi connectivity index (χ0v) is 7.05. The fourth-order valence-electron chi connectivity index (χ4n) is 1.15. The number of piperidine rings is 1. The molecule has 0 radical (unpaired) electrons. The van der Waals surface area contributed by atoms with Crippen molar-refractivity contribution in [3.63, 3.8) is 0 Å². The Kier molecular flexibility index (Phi) is 2.46. The highest BCUT2D eigenvalue weighted by atomic mass is 16.6. The van der Waals surface area contributed by atoms with Crippen molar-refractivity contribution in [2.45, 2.75) is 18.9 Å². The topological polar surface area (TPSA) is 59.6 Å². The van der Waals surface area contributed by atoms with Gasteiger partial charge in [-0.05, 0) is 19.9 Å². The monoisotopic (exact) mass is 157 g/mol. The molecule has 0 spiro atoms. The highest BCUT2D eigenvalue weighted by molar-refractivity contribution is 5.94. The molecule has 0 saturated carbocycles. The Labute approximate surface area is 66.8 Å². The molecule has 1 aliphatic rings. The van der Waals surface area contributed by atoms with E-state index in [9.17, 15) is 0 Å². The van der Waals surface area contributed by atoms with Crippen molar-refractivity contribution < 1.29 is 4.84 Å². The Morgan fingerprint density at radius 2 is 2.45 bits per heavy atom. The molecule has 0 aromatic rings. The van der Waals surface area contributed by atoms with Crippen LogP contribution in [-0.4, -0.2) is 31.4 Å². The SMILES string of the molecule is CO/N=C1\CNCCC1(C)N. The van der Waals surface area contributed by atoms with E-state index in [0.29, 0.717) is 0 Å². The zero-order chi connectivity index (χ0) is 8.32. The Hall–Kier alpha value is -0.610. The van der Waals surface area contributed by atoms with E-state index in [4.69, 9.17) is 5.73 Å². The summed E-state index contributed by atoms with van der Waals surface area (Å²) in [6, 6.07) is 0. The van der Waals surface area contributed by atoms with Gasteiger partial charge in [-0.2, -0.15) is 0 Å². The maximum absolute atomic E-state index is 5.96. The summed E-state index contributed by atoms with van der Waals surface area (Å²) in [5.41, 5.74) is 6.56. The van der Waals surface area contributed by atoms with E-state index in [-0.39, 0.29) is 5.54 Å². The van der Waals surface area contributed by atoms with E-state index >= 15 is 0 Å². The summed E-state index contributed by atoms with van der Waals surface area (Å²) >= 11 is 0. The largest absolute Gasteiger partial charge is 0.399 e. The minimum atomic E-state index is -0.290. The van der Waals surface area contributed by atoms with Gasteiger partial charge in [0.1, 0.15) is 7.11 Å². The van der Waals surface area contributed by atoms with Gasteiger partial charge in [-0.1, -0.05) is 5.16 Å². The van der Waals surface area contributed by atoms with Gasteiger partial charge in [0, 0.05) is 6.54 Å². The number of rotatable bonds is 1. The van der Waals surface area contributed by atoms with E-state index in [1.165, 1.54) is 7.11 Å². The van der Waals surface area contributed by atoms with Crippen LogP contribution in [0.1, 0.15) is 13.3 Å². The fraction of sp³-hybridized carbons (Fsp3) is 0.857. The summed E-state index contributed by atoms with van der Waals surface area (Å²) in [4.78, 5) is 4.68. The number of oxime groups is 1. The molecule has 4 heteroatoms. The first-order chi connectivity index (χ1) is 5.17. The van der Waals surface area contributed by atoms with Gasteiger partial charge in [0.15, 0.2) is 0 Å². The van der Waals surface area contributed by atoms with Crippen LogP contribution in [0.15, 0.2) is 5.16 Å². The lowest BCUT2D eigenvalue weighted by molar-refractivity contribution is 0.208. The molecule has 0 aromatic heterocycles. The molecule has 1 fully saturated rings. The lowest BCUT2D eigenvalue weighted by Gasteiger charge is -2.30. The summed E-state index contributed by atoms with van der Waals surface area (Å²) in [6.07, 6.45) is 0.912. The molecule has 1 atom stereocenters. The minimum absolute atomic E-state index is 0.290. The second-order valence-electron chi connectivity index (χ2n) is 3.06. The molecule has 11 heavy (non-hydrogen) atoms. The second kappa shape index (κ2) is 3.19. The standard InChI is InChI=1S/C7H15N3O/c1-7(8)3-4-9-5-6(7)10-11-2/h9H,3-5,8H2,1-2H3/b10-6+. The summed E-state index contributed by atoms with van der Waals surface area (Å²) in [7, 11) is 1.54. The van der Waals surface area contributed by atoms with Crippen molar-refractivity contribution in [3.8, 4) is 0 Å². The van der Waals surface area contributed by atoms with Gasteiger partial charge in [0.2, 0.25) is 0 Å². The summed E-state index contributed by atoms with van der Waals surface area (Å²) in [5, 5.41) is 7.05. The number of nitrogens with two attached hydrogens (primary N) is 1. The van der Waals surface area contributed by atoms with Crippen molar-refractivity contribution in [3.05, 3.63) is 0 Å². The maximum Gasteiger partial charge on any atom is 0.106 e. The lowest BCUT2D eigenvalue weighted by atomic mass is 9.90. The first kappa shape index (κ1) is 8.49. The first-order valence-electron chi connectivity index (χ1n) is 3.77. The molecule has 1 saturated heterocycles. The van der Waals surface area contributed by atoms with Gasteiger partial charge in [-0.25, -0.2) is 0 Å². The van der Waals surface area contributed by atoms with Crippen molar-refractivity contribution in [2.24, 2.45) is 10.9 Å². The van der Waals surface area contributed by atoms with Gasteiger partial charge in [0.05, 0.1) is 11.3 Å². The average molecular weight is 157 g/mol. The smallest absolute Gasteiger partial charge is 0.106 e. The van der Waals surface area contributed by atoms with E-state index in [1.54, 1.807) is 0 Å². The molecule has 1 heterocycles. The second-order valence-corrected chi connectivity index (χ2v) is 3.06. The Balaban J connectivity index is 2.67. The predicted octanol–water partition coefficient (Wildman–Crippen LogP) is -0.300. The van der Waals surface area contributed by atoms with Gasteiger partial charge >= 0.3 is 0 Å². The Morgan fingerprint density at radius 3 is 3.00 bits per heavy atom. The first-order valence-corrected chi connectivity index (χ1v) is 3.77. The van der Waals surface area contributed by atoms with Crippen LogP contribution >= 0.6 is 0 Å². The van der Waals surface area contributed by atoms with Gasteiger partial charge in [-0.15, -0.1) is 0 Å². The summed E-state index contributed by atoms with van der Waals surface area (Å²) in [6.45, 7) is 3.67. The Bertz CT molecular complexity index is 165. The van der Waals surface area contributed by atoms with Crippen LogP contribution < -0.4 is 11.1 Å².